The topological polar surface area (TPSA) is 123 Å². The van der Waals surface area contributed by atoms with Gasteiger partial charge in [-0.05, 0) is 61.1 Å². The molecule has 0 fully saturated rings. The minimum absolute atomic E-state index is 0.709. The molecule has 2 aromatic rings. The molecule has 0 aliphatic rings. The molecule has 0 atom stereocenters. The molecule has 8 N–H and O–H groups in total. The highest BCUT2D eigenvalue weighted by Gasteiger charge is 2.00. The lowest BCUT2D eigenvalue weighted by molar-refractivity contribution is 0.138. The number of nitrogens with two attached hydrogens (primary N) is 4. The molecule has 0 amide bonds. The first-order valence-corrected chi connectivity index (χ1v) is 9.91. The molecule has 0 aromatic heterocycles. The van der Waals surface area contributed by atoms with Crippen molar-refractivity contribution in [2.45, 2.75) is 39.5 Å². The van der Waals surface area contributed by atoms with Crippen LogP contribution >= 0.6 is 0 Å². The van der Waals surface area contributed by atoms with Gasteiger partial charge in [0.25, 0.3) is 0 Å². The molecular weight excluding hydrogens is 352 g/mol. The fraction of sp³-hybridized carbons (Fsp3) is 0.455. The van der Waals surface area contributed by atoms with Crippen LogP contribution in [0.2, 0.25) is 0 Å². The normalized spacial score (nSPS) is 10.4. The standard InChI is InChI=1S/2C11H18N2O/c2*1-2-6-14-7-5-9-3-4-10(12)8-11(9)13/h2*3-4,8H,2,5-7,12-13H2,1H3. The summed E-state index contributed by atoms with van der Waals surface area (Å²) in [4.78, 5) is 0. The van der Waals surface area contributed by atoms with Crippen molar-refractivity contribution >= 4 is 22.7 Å². The van der Waals surface area contributed by atoms with Crippen molar-refractivity contribution in [1.82, 2.24) is 0 Å². The zero-order valence-electron chi connectivity index (χ0n) is 17.2. The van der Waals surface area contributed by atoms with Crippen LogP contribution in [0.4, 0.5) is 22.7 Å². The van der Waals surface area contributed by atoms with Crippen LogP contribution in [0.5, 0.6) is 0 Å². The largest absolute Gasteiger partial charge is 0.399 e. The van der Waals surface area contributed by atoms with E-state index < -0.39 is 0 Å². The van der Waals surface area contributed by atoms with E-state index in [4.69, 9.17) is 32.4 Å². The maximum atomic E-state index is 5.80. The van der Waals surface area contributed by atoms with Gasteiger partial charge in [0.05, 0.1) is 13.2 Å². The van der Waals surface area contributed by atoms with Crippen LogP contribution in [-0.4, -0.2) is 26.4 Å². The molecule has 0 heterocycles. The number of hydrogen-bond donors (Lipinski definition) is 4. The second kappa shape index (κ2) is 13.7. The summed E-state index contributed by atoms with van der Waals surface area (Å²) in [5.41, 5.74) is 27.9. The van der Waals surface area contributed by atoms with Gasteiger partial charge in [0, 0.05) is 36.0 Å². The zero-order valence-corrected chi connectivity index (χ0v) is 17.2. The second-order valence-electron chi connectivity index (χ2n) is 6.64. The van der Waals surface area contributed by atoms with Crippen molar-refractivity contribution in [3.63, 3.8) is 0 Å². The molecule has 0 saturated carbocycles. The molecule has 28 heavy (non-hydrogen) atoms. The van der Waals surface area contributed by atoms with E-state index in [2.05, 4.69) is 13.8 Å². The molecule has 0 aliphatic carbocycles. The summed E-state index contributed by atoms with van der Waals surface area (Å²) >= 11 is 0. The van der Waals surface area contributed by atoms with Gasteiger partial charge in [0.2, 0.25) is 0 Å². The molecule has 0 radical (unpaired) electrons. The van der Waals surface area contributed by atoms with Crippen LogP contribution in [0.15, 0.2) is 36.4 Å². The van der Waals surface area contributed by atoms with Crippen molar-refractivity contribution in [2.75, 3.05) is 49.4 Å². The van der Waals surface area contributed by atoms with Crippen molar-refractivity contribution in [3.8, 4) is 0 Å². The maximum absolute atomic E-state index is 5.80. The minimum atomic E-state index is 0.709. The predicted octanol–water partition coefficient (Wildman–Crippen LogP) is 3.64. The van der Waals surface area contributed by atoms with Crippen molar-refractivity contribution in [2.24, 2.45) is 0 Å². The number of ether oxygens (including phenoxy) is 2. The summed E-state index contributed by atoms with van der Waals surface area (Å²) in [7, 11) is 0. The third-order valence-electron chi connectivity index (χ3n) is 4.07. The fourth-order valence-electron chi connectivity index (χ4n) is 2.54. The summed E-state index contributed by atoms with van der Waals surface area (Å²) in [6, 6.07) is 11.2. The number of rotatable bonds is 10. The number of nitrogen functional groups attached to an aromatic ring is 4. The lowest BCUT2D eigenvalue weighted by atomic mass is 10.1. The molecule has 156 valence electrons. The Bertz CT molecular complexity index is 633. The van der Waals surface area contributed by atoms with Gasteiger partial charge in [-0.3, -0.25) is 0 Å². The average molecular weight is 389 g/mol. The summed E-state index contributed by atoms with van der Waals surface area (Å²) in [5.74, 6) is 0. The molecule has 0 spiro atoms. The van der Waals surface area contributed by atoms with Crippen molar-refractivity contribution in [1.29, 1.82) is 0 Å². The third kappa shape index (κ3) is 9.48. The molecule has 0 aliphatic heterocycles. The molecule has 6 heteroatoms. The van der Waals surface area contributed by atoms with Gasteiger partial charge in [-0.1, -0.05) is 26.0 Å². The van der Waals surface area contributed by atoms with Crippen molar-refractivity contribution < 1.29 is 9.47 Å². The quantitative estimate of drug-likeness (QED) is 0.364. The SMILES string of the molecule is CCCOCCc1ccc(N)cc1N.CCCOCCc1ccc(N)cc1N. The smallest absolute Gasteiger partial charge is 0.0507 e. The minimum Gasteiger partial charge on any atom is -0.399 e. The summed E-state index contributed by atoms with van der Waals surface area (Å²) in [6.45, 7) is 7.27. The number of benzene rings is 2. The Kier molecular flexibility index (Phi) is 11.5. The van der Waals surface area contributed by atoms with E-state index in [0.717, 1.165) is 74.6 Å². The third-order valence-corrected chi connectivity index (χ3v) is 4.07. The molecule has 6 nitrogen and oxygen atoms in total. The first-order chi connectivity index (χ1) is 13.5. The van der Waals surface area contributed by atoms with E-state index in [1.165, 1.54) is 0 Å². The van der Waals surface area contributed by atoms with Gasteiger partial charge in [0.1, 0.15) is 0 Å². The van der Waals surface area contributed by atoms with Crippen LogP contribution in [0.3, 0.4) is 0 Å². The second-order valence-corrected chi connectivity index (χ2v) is 6.64. The fourth-order valence-corrected chi connectivity index (χ4v) is 2.54. The Hall–Kier alpha value is -2.44. The van der Waals surface area contributed by atoms with Crippen LogP contribution in [0.1, 0.15) is 37.8 Å². The van der Waals surface area contributed by atoms with Crippen LogP contribution in [0, 0.1) is 0 Å². The van der Waals surface area contributed by atoms with Gasteiger partial charge in [-0.25, -0.2) is 0 Å². The van der Waals surface area contributed by atoms with Crippen molar-refractivity contribution in [3.05, 3.63) is 47.5 Å². The van der Waals surface area contributed by atoms with Crippen LogP contribution in [-0.2, 0) is 22.3 Å². The van der Waals surface area contributed by atoms with Gasteiger partial charge >= 0.3 is 0 Å². The van der Waals surface area contributed by atoms with Crippen LogP contribution in [0.25, 0.3) is 0 Å². The maximum Gasteiger partial charge on any atom is 0.0507 e. The Balaban J connectivity index is 0.000000280. The predicted molar refractivity (Wildman–Crippen MR) is 120 cm³/mol. The van der Waals surface area contributed by atoms with E-state index >= 15 is 0 Å². The lowest BCUT2D eigenvalue weighted by Gasteiger charge is -2.06. The Labute approximate surface area is 169 Å². The van der Waals surface area contributed by atoms with E-state index in [1.54, 1.807) is 12.1 Å². The van der Waals surface area contributed by atoms with Gasteiger partial charge in [-0.2, -0.15) is 0 Å². The van der Waals surface area contributed by atoms with E-state index in [1.807, 2.05) is 24.3 Å². The molecule has 2 rings (SSSR count). The monoisotopic (exact) mass is 388 g/mol. The van der Waals surface area contributed by atoms with Gasteiger partial charge in [0.15, 0.2) is 0 Å². The Morgan fingerprint density at radius 2 is 1.00 bits per heavy atom. The zero-order chi connectivity index (χ0) is 20.8. The molecule has 2 aromatic carbocycles. The number of anilines is 4. The summed E-state index contributed by atoms with van der Waals surface area (Å²) < 4.78 is 10.8. The first-order valence-electron chi connectivity index (χ1n) is 9.91. The van der Waals surface area contributed by atoms with Gasteiger partial charge in [-0.15, -0.1) is 0 Å². The average Bonchev–Trinajstić information content (AvgIpc) is 2.66. The summed E-state index contributed by atoms with van der Waals surface area (Å²) in [6.07, 6.45) is 3.81. The van der Waals surface area contributed by atoms with Gasteiger partial charge < -0.3 is 32.4 Å². The molecular formula is C22H36N4O2. The van der Waals surface area contributed by atoms with E-state index in [9.17, 15) is 0 Å². The molecule has 0 saturated heterocycles. The first kappa shape index (κ1) is 23.6. The highest BCUT2D eigenvalue weighted by Crippen LogP contribution is 2.16. The Morgan fingerprint density at radius 3 is 1.32 bits per heavy atom. The molecule has 0 unspecified atom stereocenters. The lowest BCUT2D eigenvalue weighted by Crippen LogP contribution is -2.02. The Morgan fingerprint density at radius 1 is 0.607 bits per heavy atom. The highest BCUT2D eigenvalue weighted by molar-refractivity contribution is 5.57. The molecule has 0 bridgehead atoms. The van der Waals surface area contributed by atoms with E-state index in [-0.39, 0.29) is 0 Å². The van der Waals surface area contributed by atoms with Crippen LogP contribution < -0.4 is 22.9 Å². The highest BCUT2D eigenvalue weighted by atomic mass is 16.5. The number of hydrogen-bond acceptors (Lipinski definition) is 6. The summed E-state index contributed by atoms with van der Waals surface area (Å²) in [5, 5.41) is 0. The van der Waals surface area contributed by atoms with E-state index in [0.29, 0.717) is 11.4 Å².